The number of hydrogen-bond donors (Lipinski definition) is 1. The van der Waals surface area contributed by atoms with E-state index in [9.17, 15) is 43.9 Å². The third kappa shape index (κ3) is 5.51. The van der Waals surface area contributed by atoms with Crippen LogP contribution in [0.1, 0.15) is 11.1 Å². The molecule has 2 rings (SSSR count). The van der Waals surface area contributed by atoms with Gasteiger partial charge in [-0.1, -0.05) is 0 Å². The highest BCUT2D eigenvalue weighted by Crippen LogP contribution is 2.37. The molecule has 0 fully saturated rings. The molecule has 0 aliphatic rings. The zero-order valence-electron chi connectivity index (χ0n) is 12.0. The van der Waals surface area contributed by atoms with Gasteiger partial charge in [0.1, 0.15) is 34.4 Å². The predicted molar refractivity (Wildman–Crippen MR) is 74.8 cm³/mol. The van der Waals surface area contributed by atoms with Gasteiger partial charge >= 0.3 is 12.4 Å². The molecule has 0 spiro atoms. The summed E-state index contributed by atoms with van der Waals surface area (Å²) in [4.78, 5) is 0. The minimum absolute atomic E-state index is 0.138. The van der Waals surface area contributed by atoms with Gasteiger partial charge in [0.25, 0.3) is 0 Å². The van der Waals surface area contributed by atoms with Gasteiger partial charge in [0.2, 0.25) is 0 Å². The third-order valence-electron chi connectivity index (χ3n) is 2.66. The van der Waals surface area contributed by atoms with Crippen LogP contribution in [0, 0.1) is 23.3 Å². The predicted octanol–water partition coefficient (Wildman–Crippen LogP) is 6.31. The first-order valence-electron chi connectivity index (χ1n) is 6.18. The Bertz CT molecular complexity index is 684. The van der Waals surface area contributed by atoms with Crippen molar-refractivity contribution in [1.29, 1.82) is 0 Å². The Morgan fingerprint density at radius 1 is 0.654 bits per heavy atom. The third-order valence-corrected chi connectivity index (χ3v) is 3.28. The highest BCUT2D eigenvalue weighted by molar-refractivity contribution is 9.10. The number of anilines is 1. The van der Waals surface area contributed by atoms with E-state index in [0.29, 0.717) is 12.1 Å². The van der Waals surface area contributed by atoms with Gasteiger partial charge < -0.3 is 5.73 Å². The molecule has 2 aromatic rings. The topological polar surface area (TPSA) is 26.0 Å². The van der Waals surface area contributed by atoms with Crippen molar-refractivity contribution in [1.82, 2.24) is 0 Å². The van der Waals surface area contributed by atoms with Crippen LogP contribution in [0.25, 0.3) is 0 Å². The molecule has 0 unspecified atom stereocenters. The van der Waals surface area contributed by atoms with Crippen LogP contribution in [-0.2, 0) is 12.4 Å². The van der Waals surface area contributed by atoms with Gasteiger partial charge in [-0.3, -0.25) is 0 Å². The number of halogens is 11. The highest BCUT2D eigenvalue weighted by atomic mass is 79.9. The van der Waals surface area contributed by atoms with E-state index in [2.05, 4.69) is 15.9 Å². The van der Waals surface area contributed by atoms with E-state index >= 15 is 0 Å². The van der Waals surface area contributed by atoms with Gasteiger partial charge in [0, 0.05) is 22.3 Å². The SMILES string of the molecule is Fc1cc(F)c(C(F)(F)F)c(Br)c1.Nc1cc(F)cc(F)c1C(F)(F)F. The molecule has 0 amide bonds. The zero-order chi connectivity index (χ0) is 20.4. The van der Waals surface area contributed by atoms with Crippen molar-refractivity contribution >= 4 is 21.6 Å². The zero-order valence-corrected chi connectivity index (χ0v) is 13.6. The summed E-state index contributed by atoms with van der Waals surface area (Å²) in [5.74, 6) is -5.52. The van der Waals surface area contributed by atoms with Crippen LogP contribution in [0.3, 0.4) is 0 Å². The van der Waals surface area contributed by atoms with Crippen LogP contribution in [0.2, 0.25) is 0 Å². The lowest BCUT2D eigenvalue weighted by molar-refractivity contribution is -0.141. The normalized spacial score (nSPS) is 11.8. The van der Waals surface area contributed by atoms with Gasteiger partial charge in [-0.05, 0) is 28.1 Å². The van der Waals surface area contributed by atoms with Crippen LogP contribution in [0.5, 0.6) is 0 Å². The van der Waals surface area contributed by atoms with Crippen LogP contribution in [0.15, 0.2) is 28.7 Å². The van der Waals surface area contributed by atoms with Crippen LogP contribution >= 0.6 is 15.9 Å². The fourth-order valence-corrected chi connectivity index (χ4v) is 2.34. The number of hydrogen-bond acceptors (Lipinski definition) is 1. The highest BCUT2D eigenvalue weighted by Gasteiger charge is 2.37. The molecule has 26 heavy (non-hydrogen) atoms. The standard InChI is InChI=1S/C7H2BrF5.C7H4F5N/c8-4-1-3(9)2-5(10)6(4)7(11,12)13;8-3-1-4(9)6(5(13)2-3)7(10,11)12/h1-2H;1-2H,13H2. The molecule has 12 heteroatoms. The molecule has 0 atom stereocenters. The van der Waals surface area contributed by atoms with Gasteiger partial charge in [0.15, 0.2) is 0 Å². The van der Waals surface area contributed by atoms with E-state index in [-0.39, 0.29) is 12.1 Å². The van der Waals surface area contributed by atoms with Crippen molar-refractivity contribution in [2.24, 2.45) is 0 Å². The van der Waals surface area contributed by atoms with Crippen molar-refractivity contribution in [3.63, 3.8) is 0 Å². The maximum Gasteiger partial charge on any atom is 0.421 e. The van der Waals surface area contributed by atoms with Gasteiger partial charge in [-0.15, -0.1) is 0 Å². The van der Waals surface area contributed by atoms with E-state index in [4.69, 9.17) is 5.73 Å². The Labute approximate surface area is 147 Å². The summed E-state index contributed by atoms with van der Waals surface area (Å²) in [5.41, 5.74) is 0.732. The molecule has 2 N–H and O–H groups in total. The van der Waals surface area contributed by atoms with E-state index < -0.39 is 56.9 Å². The van der Waals surface area contributed by atoms with Crippen molar-refractivity contribution in [3.8, 4) is 0 Å². The Kier molecular flexibility index (Phi) is 6.55. The second-order valence-electron chi connectivity index (χ2n) is 4.59. The lowest BCUT2D eigenvalue weighted by Crippen LogP contribution is -2.12. The van der Waals surface area contributed by atoms with Gasteiger partial charge in [0.05, 0.1) is 0 Å². The van der Waals surface area contributed by atoms with E-state index in [0.717, 1.165) is 0 Å². The largest absolute Gasteiger partial charge is 0.421 e. The Morgan fingerprint density at radius 2 is 1.04 bits per heavy atom. The molecule has 0 aliphatic carbocycles. The molecule has 0 saturated carbocycles. The van der Waals surface area contributed by atoms with Crippen molar-refractivity contribution in [2.75, 3.05) is 5.73 Å². The van der Waals surface area contributed by atoms with Gasteiger partial charge in [-0.2, -0.15) is 26.3 Å². The van der Waals surface area contributed by atoms with E-state index in [1.54, 1.807) is 0 Å². The number of rotatable bonds is 0. The van der Waals surface area contributed by atoms with Gasteiger partial charge in [-0.25, -0.2) is 17.6 Å². The lowest BCUT2D eigenvalue weighted by atomic mass is 10.1. The summed E-state index contributed by atoms with van der Waals surface area (Å²) in [6.45, 7) is 0. The summed E-state index contributed by atoms with van der Waals surface area (Å²) in [6.07, 6.45) is -9.72. The molecule has 1 nitrogen and oxygen atoms in total. The molecule has 0 saturated heterocycles. The molecular formula is C14H6BrF10N. The monoisotopic (exact) mass is 457 g/mol. The summed E-state index contributed by atoms with van der Waals surface area (Å²) in [6, 6.07) is 1.31. The number of benzene rings is 2. The van der Waals surface area contributed by atoms with Crippen molar-refractivity contribution in [2.45, 2.75) is 12.4 Å². The molecule has 2 aromatic carbocycles. The molecule has 0 radical (unpaired) electrons. The van der Waals surface area contributed by atoms with Crippen molar-refractivity contribution in [3.05, 3.63) is 63.1 Å². The van der Waals surface area contributed by atoms with E-state index in [1.165, 1.54) is 0 Å². The summed E-state index contributed by atoms with van der Waals surface area (Å²) >= 11 is 2.43. The maximum atomic E-state index is 12.6. The van der Waals surface area contributed by atoms with Crippen LogP contribution in [-0.4, -0.2) is 0 Å². The fraction of sp³-hybridized carbons (Fsp3) is 0.143. The van der Waals surface area contributed by atoms with Crippen molar-refractivity contribution < 1.29 is 43.9 Å². The number of alkyl halides is 6. The lowest BCUT2D eigenvalue weighted by Gasteiger charge is -2.10. The Morgan fingerprint density at radius 3 is 1.38 bits per heavy atom. The molecule has 0 aromatic heterocycles. The second-order valence-corrected chi connectivity index (χ2v) is 5.45. The molecule has 0 aliphatic heterocycles. The minimum Gasteiger partial charge on any atom is -0.398 e. The summed E-state index contributed by atoms with van der Waals surface area (Å²) in [7, 11) is 0. The Balaban J connectivity index is 0.000000260. The average molecular weight is 458 g/mol. The molecule has 144 valence electrons. The first-order chi connectivity index (χ1) is 11.6. The summed E-state index contributed by atoms with van der Waals surface area (Å²) in [5, 5.41) is 0. The first-order valence-corrected chi connectivity index (χ1v) is 6.97. The summed E-state index contributed by atoms with van der Waals surface area (Å²) < 4.78 is 121. The van der Waals surface area contributed by atoms with E-state index in [1.807, 2.05) is 0 Å². The average Bonchev–Trinajstić information content (AvgIpc) is 2.32. The smallest absolute Gasteiger partial charge is 0.398 e. The molecule has 0 bridgehead atoms. The fourth-order valence-electron chi connectivity index (χ4n) is 1.71. The number of nitrogen functional groups attached to an aromatic ring is 1. The first kappa shape index (κ1) is 22.1. The maximum absolute atomic E-state index is 12.6. The Hall–Kier alpha value is -1.98. The minimum atomic E-state index is -4.90. The molecular weight excluding hydrogens is 452 g/mol. The van der Waals surface area contributed by atoms with Crippen LogP contribution < -0.4 is 5.73 Å². The quantitative estimate of drug-likeness (QED) is 0.364. The molecule has 0 heterocycles. The van der Waals surface area contributed by atoms with Crippen LogP contribution in [0.4, 0.5) is 49.6 Å². The second kappa shape index (κ2) is 7.72. The number of nitrogens with two attached hydrogens (primary N) is 1.